The minimum Gasteiger partial charge on any atom is -0.470 e. The van der Waals surface area contributed by atoms with E-state index in [4.69, 9.17) is 9.47 Å². The van der Waals surface area contributed by atoms with Gasteiger partial charge < -0.3 is 19.3 Å². The van der Waals surface area contributed by atoms with Gasteiger partial charge >= 0.3 is 0 Å². The van der Waals surface area contributed by atoms with Gasteiger partial charge in [0.25, 0.3) is 5.88 Å². The molecule has 1 aromatic rings. The van der Waals surface area contributed by atoms with Gasteiger partial charge in [-0.3, -0.25) is 4.79 Å². The molecule has 0 spiro atoms. The summed E-state index contributed by atoms with van der Waals surface area (Å²) in [7, 11) is 5.32. The zero-order valence-electron chi connectivity index (χ0n) is 12.8. The second-order valence-electron chi connectivity index (χ2n) is 5.23. The number of hydrogen-bond donors (Lipinski definition) is 0. The Hall–Kier alpha value is -1.89. The molecule has 7 nitrogen and oxygen atoms in total. The van der Waals surface area contributed by atoms with E-state index in [9.17, 15) is 4.79 Å². The van der Waals surface area contributed by atoms with E-state index in [1.165, 1.54) is 7.11 Å². The molecule has 0 aliphatic carbocycles. The number of carbonyl (C=O) groups is 1. The van der Waals surface area contributed by atoms with E-state index >= 15 is 0 Å². The number of rotatable bonds is 5. The molecule has 0 radical (unpaired) electrons. The molecule has 0 bridgehead atoms. The average molecular weight is 294 g/mol. The van der Waals surface area contributed by atoms with Gasteiger partial charge in [-0.05, 0) is 12.8 Å². The maximum absolute atomic E-state index is 11.9. The Kier molecular flexibility index (Phi) is 5.32. The highest BCUT2D eigenvalue weighted by Gasteiger charge is 2.26. The highest BCUT2D eigenvalue weighted by atomic mass is 16.5. The van der Waals surface area contributed by atoms with Crippen molar-refractivity contribution in [3.05, 3.63) is 12.4 Å². The fourth-order valence-corrected chi connectivity index (χ4v) is 2.34. The van der Waals surface area contributed by atoms with Crippen LogP contribution in [0.25, 0.3) is 0 Å². The molecule has 0 saturated carbocycles. The van der Waals surface area contributed by atoms with Crippen molar-refractivity contribution >= 4 is 11.7 Å². The first-order chi connectivity index (χ1) is 10.1. The average Bonchev–Trinajstić information content (AvgIpc) is 2.48. The van der Waals surface area contributed by atoms with E-state index < -0.39 is 0 Å². The van der Waals surface area contributed by atoms with Gasteiger partial charge in [-0.1, -0.05) is 0 Å². The first kappa shape index (κ1) is 15.5. The Bertz CT molecular complexity index is 481. The number of ether oxygens (including phenoxy) is 2. The van der Waals surface area contributed by atoms with Crippen LogP contribution in [-0.2, 0) is 9.53 Å². The molecule has 1 amide bonds. The molecule has 0 unspecified atom stereocenters. The van der Waals surface area contributed by atoms with Gasteiger partial charge in [-0.25, -0.2) is 9.97 Å². The van der Waals surface area contributed by atoms with Gasteiger partial charge in [0.1, 0.15) is 12.7 Å². The summed E-state index contributed by atoms with van der Waals surface area (Å²) in [5.74, 6) is 1.20. The maximum Gasteiger partial charge on any atom is 0.257 e. The Morgan fingerprint density at radius 2 is 2.19 bits per heavy atom. The van der Waals surface area contributed by atoms with Crippen LogP contribution in [0.3, 0.4) is 0 Å². The SMILES string of the molecule is COCC(=O)N1CCC[C@H](Oc2nccnc2N(C)C)C1. The van der Waals surface area contributed by atoms with Crippen molar-refractivity contribution in [3.8, 4) is 5.88 Å². The standard InChI is InChI=1S/C14H22N4O3/c1-17(2)13-14(16-7-6-15-13)21-11-5-4-8-18(9-11)12(19)10-20-3/h6-7,11H,4-5,8-10H2,1-3H3/t11-/m0/s1. The van der Waals surface area contributed by atoms with E-state index in [0.717, 1.165) is 19.4 Å². The predicted molar refractivity (Wildman–Crippen MR) is 78.5 cm³/mol. The fourth-order valence-electron chi connectivity index (χ4n) is 2.34. The number of piperidine rings is 1. The number of hydrogen-bond acceptors (Lipinski definition) is 6. The molecule has 1 atom stereocenters. The van der Waals surface area contributed by atoms with E-state index in [1.54, 1.807) is 17.3 Å². The van der Waals surface area contributed by atoms with Gasteiger partial charge in [-0.2, -0.15) is 0 Å². The summed E-state index contributed by atoms with van der Waals surface area (Å²) in [5, 5.41) is 0. The summed E-state index contributed by atoms with van der Waals surface area (Å²) in [5.41, 5.74) is 0. The van der Waals surface area contributed by atoms with Gasteiger partial charge in [0.05, 0.1) is 6.54 Å². The van der Waals surface area contributed by atoms with Crippen LogP contribution in [0, 0.1) is 0 Å². The van der Waals surface area contributed by atoms with Crippen LogP contribution in [0.15, 0.2) is 12.4 Å². The summed E-state index contributed by atoms with van der Waals surface area (Å²) < 4.78 is 10.9. The van der Waals surface area contributed by atoms with Crippen molar-refractivity contribution in [2.24, 2.45) is 0 Å². The van der Waals surface area contributed by atoms with Crippen LogP contribution < -0.4 is 9.64 Å². The van der Waals surface area contributed by atoms with Crippen LogP contribution in [0.4, 0.5) is 5.82 Å². The number of carbonyl (C=O) groups excluding carboxylic acids is 1. The second kappa shape index (κ2) is 7.21. The minimum absolute atomic E-state index is 0.00206. The Balaban J connectivity index is 2.01. The second-order valence-corrected chi connectivity index (χ2v) is 5.23. The van der Waals surface area contributed by atoms with Crippen molar-refractivity contribution < 1.29 is 14.3 Å². The smallest absolute Gasteiger partial charge is 0.257 e. The molecule has 1 fully saturated rings. The molecule has 2 heterocycles. The number of nitrogens with zero attached hydrogens (tertiary/aromatic N) is 4. The summed E-state index contributed by atoms with van der Waals surface area (Å²) in [6.45, 7) is 1.43. The Morgan fingerprint density at radius 3 is 2.90 bits per heavy atom. The number of aromatic nitrogens is 2. The first-order valence-electron chi connectivity index (χ1n) is 7.03. The molecule has 1 aliphatic rings. The molecule has 1 aromatic heterocycles. The summed E-state index contributed by atoms with van der Waals surface area (Å²) in [4.78, 5) is 24.0. The van der Waals surface area contributed by atoms with E-state index in [-0.39, 0.29) is 18.6 Å². The third-order valence-corrected chi connectivity index (χ3v) is 3.35. The fraction of sp³-hybridized carbons (Fsp3) is 0.643. The van der Waals surface area contributed by atoms with Crippen molar-refractivity contribution in [1.82, 2.24) is 14.9 Å². The molecule has 0 N–H and O–H groups in total. The van der Waals surface area contributed by atoms with Crippen molar-refractivity contribution in [2.75, 3.05) is 45.8 Å². The topological polar surface area (TPSA) is 67.8 Å². The van der Waals surface area contributed by atoms with Crippen LogP contribution in [0.1, 0.15) is 12.8 Å². The molecular formula is C14H22N4O3. The zero-order chi connectivity index (χ0) is 15.2. The number of methoxy groups -OCH3 is 1. The largest absolute Gasteiger partial charge is 0.470 e. The van der Waals surface area contributed by atoms with Crippen LogP contribution in [0.2, 0.25) is 0 Å². The first-order valence-corrected chi connectivity index (χ1v) is 7.03. The molecule has 7 heteroatoms. The summed E-state index contributed by atoms with van der Waals surface area (Å²) in [6, 6.07) is 0. The Labute approximate surface area is 124 Å². The highest BCUT2D eigenvalue weighted by Crippen LogP contribution is 2.24. The maximum atomic E-state index is 11.9. The summed E-state index contributed by atoms with van der Waals surface area (Å²) in [6.07, 6.45) is 5.00. The molecule has 2 rings (SSSR count). The number of amides is 1. The zero-order valence-corrected chi connectivity index (χ0v) is 12.8. The highest BCUT2D eigenvalue weighted by molar-refractivity contribution is 5.77. The molecule has 0 aromatic carbocycles. The van der Waals surface area contributed by atoms with Gasteiger partial charge in [0.15, 0.2) is 5.82 Å². The number of likely N-dealkylation sites (tertiary alicyclic amines) is 1. The van der Waals surface area contributed by atoms with E-state index in [1.807, 2.05) is 19.0 Å². The molecule has 116 valence electrons. The van der Waals surface area contributed by atoms with Crippen molar-refractivity contribution in [1.29, 1.82) is 0 Å². The van der Waals surface area contributed by atoms with Crippen LogP contribution in [0.5, 0.6) is 5.88 Å². The normalized spacial score (nSPS) is 18.4. The predicted octanol–water partition coefficient (Wildman–Crippen LogP) is 0.559. The lowest BCUT2D eigenvalue weighted by Gasteiger charge is -2.32. The minimum atomic E-state index is -0.0602. The van der Waals surface area contributed by atoms with Gasteiger partial charge in [-0.15, -0.1) is 0 Å². The van der Waals surface area contributed by atoms with Gasteiger partial charge in [0.2, 0.25) is 5.91 Å². The van der Waals surface area contributed by atoms with E-state index in [2.05, 4.69) is 9.97 Å². The van der Waals surface area contributed by atoms with Crippen molar-refractivity contribution in [3.63, 3.8) is 0 Å². The third-order valence-electron chi connectivity index (χ3n) is 3.35. The lowest BCUT2D eigenvalue weighted by Crippen LogP contribution is -2.45. The van der Waals surface area contributed by atoms with Gasteiger partial charge in [0, 0.05) is 40.1 Å². The molecular weight excluding hydrogens is 272 g/mol. The molecule has 1 aliphatic heterocycles. The number of anilines is 1. The van der Waals surface area contributed by atoms with Crippen LogP contribution >= 0.6 is 0 Å². The molecule has 21 heavy (non-hydrogen) atoms. The quantitative estimate of drug-likeness (QED) is 0.790. The van der Waals surface area contributed by atoms with E-state index in [0.29, 0.717) is 18.2 Å². The monoisotopic (exact) mass is 294 g/mol. The van der Waals surface area contributed by atoms with Crippen molar-refractivity contribution in [2.45, 2.75) is 18.9 Å². The summed E-state index contributed by atoms with van der Waals surface area (Å²) >= 11 is 0. The Morgan fingerprint density at radius 1 is 1.43 bits per heavy atom. The molecule has 1 saturated heterocycles. The third kappa shape index (κ3) is 4.04. The lowest BCUT2D eigenvalue weighted by atomic mass is 10.1. The lowest BCUT2D eigenvalue weighted by molar-refractivity contribution is -0.137. The van der Waals surface area contributed by atoms with Crippen LogP contribution in [-0.4, -0.2) is 67.8 Å².